The molecule has 5 nitrogen and oxygen atoms in total. The average Bonchev–Trinajstić information content (AvgIpc) is 2.96. The molecule has 0 saturated carbocycles. The molecule has 1 aliphatic heterocycles. The van der Waals surface area contributed by atoms with Crippen LogP contribution in [0.15, 0.2) is 59.9 Å². The molecule has 0 aliphatic carbocycles. The van der Waals surface area contributed by atoms with E-state index in [2.05, 4.69) is 13.8 Å². The van der Waals surface area contributed by atoms with Gasteiger partial charge in [-0.3, -0.25) is 14.5 Å². The molecule has 0 saturated heterocycles. The molecule has 2 aromatic carbocycles. The summed E-state index contributed by atoms with van der Waals surface area (Å²) in [4.78, 5) is 28.0. The van der Waals surface area contributed by atoms with Gasteiger partial charge in [-0.25, -0.2) is 0 Å². The van der Waals surface area contributed by atoms with Gasteiger partial charge in [-0.15, -0.1) is 0 Å². The third-order valence-electron chi connectivity index (χ3n) is 5.32. The Kier molecular flexibility index (Phi) is 6.25. The van der Waals surface area contributed by atoms with E-state index in [4.69, 9.17) is 4.74 Å². The molecule has 0 bridgehead atoms. The number of anilines is 1. The number of rotatable bonds is 6. The molecular formula is C26H31NO4. The lowest BCUT2D eigenvalue weighted by atomic mass is 9.81. The van der Waals surface area contributed by atoms with Crippen molar-refractivity contribution in [2.75, 3.05) is 11.5 Å². The number of ketones is 1. The highest BCUT2D eigenvalue weighted by atomic mass is 16.5. The number of aliphatic hydroxyl groups is 1. The quantitative estimate of drug-likeness (QED) is 0.664. The topological polar surface area (TPSA) is 66.8 Å². The van der Waals surface area contributed by atoms with E-state index in [1.54, 1.807) is 45.0 Å². The molecule has 1 heterocycles. The summed E-state index contributed by atoms with van der Waals surface area (Å²) in [7, 11) is 0. The molecule has 0 fully saturated rings. The number of carbonyl (C=O) groups excluding carboxylic acids is 2. The predicted octanol–water partition coefficient (Wildman–Crippen LogP) is 5.55. The zero-order valence-electron chi connectivity index (χ0n) is 19.1. The van der Waals surface area contributed by atoms with Crippen molar-refractivity contribution in [1.29, 1.82) is 0 Å². The lowest BCUT2D eigenvalue weighted by molar-refractivity contribution is -0.123. The number of amides is 1. The minimum absolute atomic E-state index is 0.145. The standard InChI is InChI=1S/C26H31NO4/c1-16(2)15-31-19-13-11-18(12-14-19)27-22(20-10-8-7-9-17(20)3)21(23(28)25(27)30)24(29)26(4,5)6/h7-14,16,22,28H,15H2,1-6H3. The summed E-state index contributed by atoms with van der Waals surface area (Å²) in [6, 6.07) is 14.1. The molecule has 1 aliphatic rings. The van der Waals surface area contributed by atoms with Crippen LogP contribution < -0.4 is 9.64 Å². The summed E-state index contributed by atoms with van der Waals surface area (Å²) in [5.74, 6) is -0.187. The Hall–Kier alpha value is -3.08. The molecule has 31 heavy (non-hydrogen) atoms. The molecule has 0 radical (unpaired) electrons. The molecule has 5 heteroatoms. The Morgan fingerprint density at radius 3 is 2.26 bits per heavy atom. The predicted molar refractivity (Wildman–Crippen MR) is 122 cm³/mol. The Morgan fingerprint density at radius 2 is 1.71 bits per heavy atom. The van der Waals surface area contributed by atoms with Gasteiger partial charge in [0, 0.05) is 11.1 Å². The number of benzene rings is 2. The van der Waals surface area contributed by atoms with Crippen LogP contribution in [0.4, 0.5) is 5.69 Å². The van der Waals surface area contributed by atoms with Crippen LogP contribution in [0.2, 0.25) is 0 Å². The van der Waals surface area contributed by atoms with Crippen LogP contribution in [-0.2, 0) is 9.59 Å². The van der Waals surface area contributed by atoms with Crippen molar-refractivity contribution in [3.8, 4) is 5.75 Å². The van der Waals surface area contributed by atoms with Crippen molar-refractivity contribution in [2.45, 2.75) is 47.6 Å². The second kappa shape index (κ2) is 8.58. The van der Waals surface area contributed by atoms with Crippen LogP contribution in [-0.4, -0.2) is 23.4 Å². The highest BCUT2D eigenvalue weighted by Crippen LogP contribution is 2.44. The van der Waals surface area contributed by atoms with Crippen LogP contribution in [0.5, 0.6) is 5.75 Å². The zero-order chi connectivity index (χ0) is 22.9. The van der Waals surface area contributed by atoms with Gasteiger partial charge in [0.25, 0.3) is 5.91 Å². The average molecular weight is 422 g/mol. The summed E-state index contributed by atoms with van der Waals surface area (Å²) >= 11 is 0. The maximum atomic E-state index is 13.3. The number of hydrogen-bond donors (Lipinski definition) is 1. The van der Waals surface area contributed by atoms with Crippen LogP contribution in [0, 0.1) is 18.3 Å². The molecule has 0 spiro atoms. The summed E-state index contributed by atoms with van der Waals surface area (Å²) in [6.45, 7) is 12.1. The van der Waals surface area contributed by atoms with Gasteiger partial charge >= 0.3 is 0 Å². The first-order valence-corrected chi connectivity index (χ1v) is 10.6. The summed E-state index contributed by atoms with van der Waals surface area (Å²) in [5.41, 5.74) is 1.75. The lowest BCUT2D eigenvalue weighted by Gasteiger charge is -2.30. The number of carbonyl (C=O) groups is 2. The number of hydrogen-bond acceptors (Lipinski definition) is 4. The van der Waals surface area contributed by atoms with Gasteiger partial charge in [0.05, 0.1) is 18.2 Å². The Balaban J connectivity index is 2.08. The highest BCUT2D eigenvalue weighted by molar-refractivity contribution is 6.17. The Bertz CT molecular complexity index is 1010. The van der Waals surface area contributed by atoms with Crippen molar-refractivity contribution >= 4 is 17.4 Å². The fourth-order valence-corrected chi connectivity index (χ4v) is 3.66. The maximum absolute atomic E-state index is 13.3. The minimum Gasteiger partial charge on any atom is -0.503 e. The molecule has 3 rings (SSSR count). The number of aryl methyl sites for hydroxylation is 1. The molecule has 2 aromatic rings. The van der Waals surface area contributed by atoms with Gasteiger partial charge in [-0.1, -0.05) is 58.9 Å². The molecule has 1 N–H and O–H groups in total. The van der Waals surface area contributed by atoms with Crippen molar-refractivity contribution < 1.29 is 19.4 Å². The summed E-state index contributed by atoms with van der Waals surface area (Å²) in [6.07, 6.45) is 0. The van der Waals surface area contributed by atoms with Gasteiger partial charge in [0.15, 0.2) is 11.5 Å². The van der Waals surface area contributed by atoms with Crippen LogP contribution in [0.25, 0.3) is 0 Å². The molecule has 164 valence electrons. The van der Waals surface area contributed by atoms with Gasteiger partial charge in [0.2, 0.25) is 0 Å². The fraction of sp³-hybridized carbons (Fsp3) is 0.385. The van der Waals surface area contributed by atoms with E-state index in [1.165, 1.54) is 4.90 Å². The van der Waals surface area contributed by atoms with Crippen LogP contribution >= 0.6 is 0 Å². The normalized spacial score (nSPS) is 16.9. The first kappa shape index (κ1) is 22.6. The number of ether oxygens (including phenoxy) is 1. The van der Waals surface area contributed by atoms with E-state index in [1.807, 2.05) is 31.2 Å². The third-order valence-corrected chi connectivity index (χ3v) is 5.32. The Morgan fingerprint density at radius 1 is 1.10 bits per heavy atom. The molecule has 1 amide bonds. The molecule has 1 unspecified atom stereocenters. The molecular weight excluding hydrogens is 390 g/mol. The van der Waals surface area contributed by atoms with Gasteiger partial charge in [0.1, 0.15) is 5.75 Å². The van der Waals surface area contributed by atoms with Crippen molar-refractivity contribution in [3.05, 3.63) is 71.0 Å². The fourth-order valence-electron chi connectivity index (χ4n) is 3.66. The largest absolute Gasteiger partial charge is 0.503 e. The SMILES string of the molecule is Cc1ccccc1C1C(C(=O)C(C)(C)C)=C(O)C(=O)N1c1ccc(OCC(C)C)cc1. The number of nitrogens with zero attached hydrogens (tertiary/aromatic N) is 1. The van der Waals surface area contributed by atoms with E-state index in [9.17, 15) is 14.7 Å². The van der Waals surface area contributed by atoms with Gasteiger partial charge < -0.3 is 9.84 Å². The van der Waals surface area contributed by atoms with E-state index < -0.39 is 23.1 Å². The van der Waals surface area contributed by atoms with E-state index >= 15 is 0 Å². The minimum atomic E-state index is -0.741. The molecule has 0 aromatic heterocycles. The third kappa shape index (κ3) is 4.50. The lowest BCUT2D eigenvalue weighted by Crippen LogP contribution is -2.33. The first-order chi connectivity index (χ1) is 14.5. The first-order valence-electron chi connectivity index (χ1n) is 10.6. The number of Topliss-reactive ketones (excluding diaryl/α,β-unsaturated/α-hetero) is 1. The van der Waals surface area contributed by atoms with E-state index in [0.717, 1.165) is 11.1 Å². The smallest absolute Gasteiger partial charge is 0.294 e. The maximum Gasteiger partial charge on any atom is 0.294 e. The summed E-state index contributed by atoms with van der Waals surface area (Å²) < 4.78 is 5.75. The second-order valence-corrected chi connectivity index (χ2v) is 9.47. The van der Waals surface area contributed by atoms with Crippen LogP contribution in [0.1, 0.15) is 51.8 Å². The Labute approximate surface area is 184 Å². The van der Waals surface area contributed by atoms with Crippen molar-refractivity contribution in [2.24, 2.45) is 11.3 Å². The van der Waals surface area contributed by atoms with Crippen molar-refractivity contribution in [1.82, 2.24) is 0 Å². The summed E-state index contributed by atoms with van der Waals surface area (Å²) in [5, 5.41) is 10.8. The van der Waals surface area contributed by atoms with E-state index in [0.29, 0.717) is 24.0 Å². The van der Waals surface area contributed by atoms with Gasteiger partial charge in [-0.05, 0) is 48.2 Å². The van der Waals surface area contributed by atoms with Crippen LogP contribution in [0.3, 0.4) is 0 Å². The van der Waals surface area contributed by atoms with E-state index in [-0.39, 0.29) is 11.4 Å². The monoisotopic (exact) mass is 421 g/mol. The second-order valence-electron chi connectivity index (χ2n) is 9.47. The number of aliphatic hydroxyl groups excluding tert-OH is 1. The molecule has 1 atom stereocenters. The van der Waals surface area contributed by atoms with Gasteiger partial charge in [-0.2, -0.15) is 0 Å². The zero-order valence-corrected chi connectivity index (χ0v) is 19.1. The highest BCUT2D eigenvalue weighted by Gasteiger charge is 2.47. The van der Waals surface area contributed by atoms with Crippen molar-refractivity contribution in [3.63, 3.8) is 0 Å².